The van der Waals surface area contributed by atoms with Crippen LogP contribution in [0.5, 0.6) is 0 Å². The van der Waals surface area contributed by atoms with E-state index in [4.69, 9.17) is 0 Å². The number of hydrogen-bond acceptors (Lipinski definition) is 6. The van der Waals surface area contributed by atoms with Gasteiger partial charge in [-0.2, -0.15) is 10.2 Å². The monoisotopic (exact) mass is 525 g/mol. The molecule has 0 aliphatic rings. The number of nitro benzene ring substituents is 1. The maximum atomic E-state index is 11.9. The lowest BCUT2D eigenvalue weighted by atomic mass is 9.90. The van der Waals surface area contributed by atoms with Crippen molar-refractivity contribution in [1.29, 1.82) is 0 Å². The highest BCUT2D eigenvalue weighted by Gasteiger charge is 2.27. The molecular formula is C30H43N3O5. The van der Waals surface area contributed by atoms with Crippen molar-refractivity contribution < 1.29 is 19.9 Å². The first-order chi connectivity index (χ1) is 18.4. The molecule has 8 heteroatoms. The minimum atomic E-state index is -1.05. The van der Waals surface area contributed by atoms with E-state index in [0.717, 1.165) is 19.3 Å². The van der Waals surface area contributed by atoms with Crippen molar-refractivity contribution in [1.82, 2.24) is 0 Å². The number of nitrogens with zero attached hydrogens (tertiary/aromatic N) is 3. The van der Waals surface area contributed by atoms with Gasteiger partial charge in [0, 0.05) is 12.1 Å². The minimum Gasteiger partial charge on any atom is -0.481 e. The van der Waals surface area contributed by atoms with Crippen molar-refractivity contribution >= 4 is 23.0 Å². The molecule has 2 rings (SSSR count). The van der Waals surface area contributed by atoms with Crippen LogP contribution in [0.1, 0.15) is 108 Å². The first-order valence-corrected chi connectivity index (χ1v) is 14.1. The molecule has 0 fully saturated rings. The van der Waals surface area contributed by atoms with Crippen LogP contribution in [-0.4, -0.2) is 27.2 Å². The van der Waals surface area contributed by atoms with E-state index in [1.807, 2.05) is 0 Å². The van der Waals surface area contributed by atoms with Crippen molar-refractivity contribution in [3.63, 3.8) is 0 Å². The summed E-state index contributed by atoms with van der Waals surface area (Å²) in [6.07, 6.45) is 15.6. The van der Waals surface area contributed by atoms with Gasteiger partial charge in [0.25, 0.3) is 5.69 Å². The van der Waals surface area contributed by atoms with E-state index in [1.165, 1.54) is 88.5 Å². The molecule has 8 nitrogen and oxygen atoms in total. The van der Waals surface area contributed by atoms with E-state index >= 15 is 0 Å². The van der Waals surface area contributed by atoms with E-state index in [-0.39, 0.29) is 5.69 Å². The second-order valence-corrected chi connectivity index (χ2v) is 9.98. The number of aliphatic carboxylic acids is 1. The Balaban J connectivity index is 1.70. The van der Waals surface area contributed by atoms with Crippen molar-refractivity contribution in [2.45, 2.75) is 109 Å². The molecule has 0 radical (unpaired) electrons. The van der Waals surface area contributed by atoms with Crippen LogP contribution < -0.4 is 0 Å². The Morgan fingerprint density at radius 3 is 1.61 bits per heavy atom. The fourth-order valence-electron chi connectivity index (χ4n) is 4.57. The number of hydrogen-bond donors (Lipinski definition) is 2. The van der Waals surface area contributed by atoms with Crippen LogP contribution in [0.3, 0.4) is 0 Å². The van der Waals surface area contributed by atoms with Crippen molar-refractivity contribution in [3.05, 3.63) is 64.2 Å². The van der Waals surface area contributed by atoms with Gasteiger partial charge in [0.1, 0.15) is 5.92 Å². The minimum absolute atomic E-state index is 0.0228. The average molecular weight is 526 g/mol. The number of carboxylic acids is 1. The summed E-state index contributed by atoms with van der Waals surface area (Å²) in [4.78, 5) is 22.2. The molecule has 2 aromatic carbocycles. The predicted molar refractivity (Wildman–Crippen MR) is 150 cm³/mol. The van der Waals surface area contributed by atoms with E-state index in [2.05, 4.69) is 17.2 Å². The second kappa shape index (κ2) is 18.2. The lowest BCUT2D eigenvalue weighted by molar-refractivity contribution is -0.384. The van der Waals surface area contributed by atoms with Crippen molar-refractivity contribution in [2.24, 2.45) is 10.2 Å². The summed E-state index contributed by atoms with van der Waals surface area (Å²) in [6.45, 7) is 2.24. The largest absolute Gasteiger partial charge is 0.481 e. The average Bonchev–Trinajstić information content (AvgIpc) is 2.91. The number of azo groups is 1. The molecular weight excluding hydrogens is 482 g/mol. The highest BCUT2D eigenvalue weighted by Crippen LogP contribution is 2.27. The lowest BCUT2D eigenvalue weighted by Gasteiger charge is -2.19. The molecule has 2 N–H and O–H groups in total. The maximum absolute atomic E-state index is 11.9. The highest BCUT2D eigenvalue weighted by atomic mass is 16.6. The zero-order chi connectivity index (χ0) is 27.6. The number of unbranched alkanes of at least 4 members (excludes halogenated alkanes) is 12. The van der Waals surface area contributed by atoms with Gasteiger partial charge in [0.15, 0.2) is 0 Å². The summed E-state index contributed by atoms with van der Waals surface area (Å²) in [6, 6.07) is 12.3. The van der Waals surface area contributed by atoms with Crippen LogP contribution in [-0.2, 0) is 4.79 Å². The molecule has 0 amide bonds. The number of rotatable bonds is 20. The van der Waals surface area contributed by atoms with Crippen LogP contribution in [0, 0.1) is 10.1 Å². The third kappa shape index (κ3) is 11.9. The quantitative estimate of drug-likeness (QED) is 0.0772. The van der Waals surface area contributed by atoms with Gasteiger partial charge < -0.3 is 10.2 Å². The molecule has 208 valence electrons. The topological polar surface area (TPSA) is 125 Å². The molecule has 0 spiro atoms. The molecule has 0 bridgehead atoms. The molecule has 0 saturated heterocycles. The first-order valence-electron chi connectivity index (χ1n) is 14.1. The first kappa shape index (κ1) is 31.1. The van der Waals surface area contributed by atoms with E-state index in [0.29, 0.717) is 23.4 Å². The van der Waals surface area contributed by atoms with Crippen LogP contribution in [0.2, 0.25) is 0 Å². The normalized spacial score (nSPS) is 13.0. The molecule has 0 saturated carbocycles. The second-order valence-electron chi connectivity index (χ2n) is 9.98. The maximum Gasteiger partial charge on any atom is 0.313 e. The van der Waals surface area contributed by atoms with Gasteiger partial charge in [0.05, 0.1) is 22.4 Å². The number of aliphatic hydroxyl groups is 1. The predicted octanol–water partition coefficient (Wildman–Crippen LogP) is 9.02. The molecule has 0 aliphatic heterocycles. The molecule has 2 atom stereocenters. The Morgan fingerprint density at radius 1 is 0.763 bits per heavy atom. The fourth-order valence-corrected chi connectivity index (χ4v) is 4.57. The molecule has 0 heterocycles. The summed E-state index contributed by atoms with van der Waals surface area (Å²) < 4.78 is 0. The number of benzene rings is 2. The molecule has 38 heavy (non-hydrogen) atoms. The summed E-state index contributed by atoms with van der Waals surface area (Å²) in [5, 5.41) is 39.3. The van der Waals surface area contributed by atoms with Gasteiger partial charge in [0.2, 0.25) is 0 Å². The number of non-ortho nitro benzene ring substituents is 1. The van der Waals surface area contributed by atoms with Crippen LogP contribution in [0.4, 0.5) is 17.1 Å². The third-order valence-electron chi connectivity index (χ3n) is 6.85. The Kier molecular flexibility index (Phi) is 14.9. The van der Waals surface area contributed by atoms with E-state index in [9.17, 15) is 25.1 Å². The van der Waals surface area contributed by atoms with Crippen molar-refractivity contribution in [2.75, 3.05) is 0 Å². The third-order valence-corrected chi connectivity index (χ3v) is 6.85. The molecule has 2 aromatic rings. The molecule has 0 aromatic heterocycles. The summed E-state index contributed by atoms with van der Waals surface area (Å²) in [5.41, 5.74) is 1.48. The van der Waals surface area contributed by atoms with E-state index < -0.39 is 22.9 Å². The SMILES string of the molecule is CCCCCCCCCCCCCCCC(O)C(C(=O)O)c1ccc(N=Nc2ccc([N+](=O)[O-])cc2)cc1. The smallest absolute Gasteiger partial charge is 0.313 e. The fraction of sp³-hybridized carbons (Fsp3) is 0.567. The number of nitro groups is 1. The Morgan fingerprint density at radius 2 is 1.18 bits per heavy atom. The van der Waals surface area contributed by atoms with Crippen LogP contribution in [0.25, 0.3) is 0 Å². The summed E-state index contributed by atoms with van der Waals surface area (Å²) in [5.74, 6) is -2.04. The van der Waals surface area contributed by atoms with Crippen LogP contribution in [0.15, 0.2) is 58.8 Å². The number of aliphatic hydroxyl groups excluding tert-OH is 1. The standard InChI is InChI=1S/C30H43N3O5/c1-2-3-4-5-6-7-8-9-10-11-12-13-14-15-28(34)29(30(35)36)24-16-18-25(19-17-24)31-32-26-20-22-27(23-21-26)33(37)38/h16-23,28-29,34H,2-15H2,1H3,(H,35,36). The number of carbonyl (C=O) groups is 1. The van der Waals surface area contributed by atoms with Gasteiger partial charge in [-0.15, -0.1) is 0 Å². The van der Waals surface area contributed by atoms with Crippen molar-refractivity contribution in [3.8, 4) is 0 Å². The van der Waals surface area contributed by atoms with Crippen LogP contribution >= 0.6 is 0 Å². The summed E-state index contributed by atoms with van der Waals surface area (Å²) in [7, 11) is 0. The van der Waals surface area contributed by atoms with Gasteiger partial charge in [-0.25, -0.2) is 0 Å². The Bertz CT molecular complexity index is 976. The van der Waals surface area contributed by atoms with Gasteiger partial charge >= 0.3 is 5.97 Å². The van der Waals surface area contributed by atoms with E-state index in [1.54, 1.807) is 24.3 Å². The zero-order valence-electron chi connectivity index (χ0n) is 22.6. The lowest BCUT2D eigenvalue weighted by Crippen LogP contribution is -2.26. The van der Waals surface area contributed by atoms with Gasteiger partial charge in [-0.05, 0) is 36.2 Å². The summed E-state index contributed by atoms with van der Waals surface area (Å²) >= 11 is 0. The number of carboxylic acid groups (broad SMARTS) is 1. The highest BCUT2D eigenvalue weighted by molar-refractivity contribution is 5.77. The molecule has 0 aliphatic carbocycles. The van der Waals surface area contributed by atoms with Gasteiger partial charge in [-0.3, -0.25) is 14.9 Å². The Labute approximate surface area is 226 Å². The Hall–Kier alpha value is -3.13. The molecule has 2 unspecified atom stereocenters. The zero-order valence-corrected chi connectivity index (χ0v) is 22.6. The van der Waals surface area contributed by atoms with Gasteiger partial charge in [-0.1, -0.05) is 103 Å².